The van der Waals surface area contributed by atoms with Gasteiger partial charge in [-0.15, -0.1) is 9.94 Å². The third kappa shape index (κ3) is 2.45. The smallest absolute Gasteiger partial charge is 0.121 e. The van der Waals surface area contributed by atoms with Gasteiger partial charge in [0.1, 0.15) is 11.4 Å². The summed E-state index contributed by atoms with van der Waals surface area (Å²) in [6.07, 6.45) is 2.98. The number of hydrazone groups is 1. The lowest BCUT2D eigenvalue weighted by Gasteiger charge is -2.02. The Kier molecular flexibility index (Phi) is 3.10. The van der Waals surface area contributed by atoms with E-state index in [1.54, 1.807) is 6.20 Å². The monoisotopic (exact) mass is 234 g/mol. The molecule has 0 spiro atoms. The predicted molar refractivity (Wildman–Crippen MR) is 64.2 cm³/mol. The molecule has 17 heavy (non-hydrogen) atoms. The van der Waals surface area contributed by atoms with Crippen LogP contribution < -0.4 is 17.1 Å². The molecule has 2 rings (SSSR count). The second-order valence-corrected chi connectivity index (χ2v) is 3.66. The molecule has 2 aromatic rings. The lowest BCUT2D eigenvalue weighted by Crippen LogP contribution is -2.22. The van der Waals surface area contributed by atoms with Crippen molar-refractivity contribution >= 4 is 16.7 Å². The highest BCUT2D eigenvalue weighted by Crippen LogP contribution is 2.15. The number of aromatic nitrogens is 2. The van der Waals surface area contributed by atoms with Crippen LogP contribution in [0, 0.1) is 0 Å². The van der Waals surface area contributed by atoms with Crippen LogP contribution in [0.15, 0.2) is 29.5 Å². The van der Waals surface area contributed by atoms with Gasteiger partial charge in [-0.3, -0.25) is 0 Å². The van der Waals surface area contributed by atoms with Gasteiger partial charge in [-0.2, -0.15) is 5.10 Å². The number of benzene rings is 1. The Labute approximate surface area is 97.6 Å². The van der Waals surface area contributed by atoms with E-state index in [9.17, 15) is 5.21 Å². The van der Waals surface area contributed by atoms with Crippen molar-refractivity contribution in [1.82, 2.24) is 15.5 Å². The fraction of sp³-hybridized carbons (Fsp3) is 0.200. The Balaban J connectivity index is 2.12. The molecule has 0 atom stereocenters. The Morgan fingerprint density at radius 3 is 3.12 bits per heavy atom. The van der Waals surface area contributed by atoms with Gasteiger partial charge < -0.3 is 10.9 Å². The van der Waals surface area contributed by atoms with E-state index >= 15 is 0 Å². The molecule has 0 saturated heterocycles. The third-order valence-electron chi connectivity index (χ3n) is 2.49. The molecular formula is C10H14N6O. The number of nitrogens with one attached hydrogen (secondary N) is 1. The lowest BCUT2D eigenvalue weighted by atomic mass is 10.1. The van der Waals surface area contributed by atoms with E-state index < -0.39 is 0 Å². The topological polar surface area (TPSA) is 114 Å². The van der Waals surface area contributed by atoms with Crippen molar-refractivity contribution in [3.05, 3.63) is 30.0 Å². The SMILES string of the molecule is NN/N=C(\N)CCc1ccc2c(cnn2O)c1. The molecular weight excluding hydrogens is 220 g/mol. The standard InChI is InChI=1S/C10H14N6O/c11-10(14-15-12)4-2-7-1-3-9-8(5-7)6-13-16(9)17/h1,3,5-6,15,17H,2,4,12H2,(H2,11,14). The van der Waals surface area contributed by atoms with Crippen molar-refractivity contribution in [3.8, 4) is 0 Å². The van der Waals surface area contributed by atoms with Crippen LogP contribution in [0.3, 0.4) is 0 Å². The Hall–Kier alpha value is -2.28. The van der Waals surface area contributed by atoms with E-state index in [0.29, 0.717) is 17.8 Å². The van der Waals surface area contributed by atoms with E-state index in [0.717, 1.165) is 22.2 Å². The summed E-state index contributed by atoms with van der Waals surface area (Å²) in [5, 5.41) is 17.7. The van der Waals surface area contributed by atoms with Crippen LogP contribution >= 0.6 is 0 Å². The maximum atomic E-state index is 9.33. The van der Waals surface area contributed by atoms with E-state index in [1.165, 1.54) is 0 Å². The zero-order valence-electron chi connectivity index (χ0n) is 9.17. The van der Waals surface area contributed by atoms with Crippen LogP contribution in [-0.4, -0.2) is 21.0 Å². The number of nitrogens with zero attached hydrogens (tertiary/aromatic N) is 3. The number of nitrogens with two attached hydrogens (primary N) is 2. The summed E-state index contributed by atoms with van der Waals surface area (Å²) in [4.78, 5) is 0.854. The lowest BCUT2D eigenvalue weighted by molar-refractivity contribution is 0.161. The van der Waals surface area contributed by atoms with Crippen molar-refractivity contribution < 1.29 is 5.21 Å². The highest BCUT2D eigenvalue weighted by atomic mass is 16.5. The normalized spacial score (nSPS) is 11.9. The molecule has 0 amide bonds. The average molecular weight is 234 g/mol. The fourth-order valence-electron chi connectivity index (χ4n) is 1.64. The average Bonchev–Trinajstić information content (AvgIpc) is 2.69. The van der Waals surface area contributed by atoms with E-state index in [4.69, 9.17) is 11.6 Å². The number of hydrogen-bond acceptors (Lipinski definition) is 5. The second-order valence-electron chi connectivity index (χ2n) is 3.66. The van der Waals surface area contributed by atoms with Gasteiger partial charge >= 0.3 is 0 Å². The second kappa shape index (κ2) is 4.71. The van der Waals surface area contributed by atoms with Gasteiger partial charge in [-0.1, -0.05) is 6.07 Å². The number of aryl methyl sites for hydroxylation is 1. The molecule has 1 heterocycles. The molecule has 0 bridgehead atoms. The van der Waals surface area contributed by atoms with Gasteiger partial charge in [0.25, 0.3) is 0 Å². The minimum Gasteiger partial charge on any atom is -0.411 e. The van der Waals surface area contributed by atoms with Crippen LogP contribution in [0.1, 0.15) is 12.0 Å². The van der Waals surface area contributed by atoms with Crippen molar-refractivity contribution in [1.29, 1.82) is 0 Å². The molecule has 90 valence electrons. The van der Waals surface area contributed by atoms with E-state index in [1.807, 2.05) is 18.2 Å². The number of rotatable bonds is 4. The minimum atomic E-state index is 0.449. The molecule has 1 aromatic heterocycles. The summed E-state index contributed by atoms with van der Waals surface area (Å²) in [7, 11) is 0. The number of amidine groups is 1. The highest BCUT2D eigenvalue weighted by molar-refractivity contribution is 5.81. The quantitative estimate of drug-likeness (QED) is 0.194. The van der Waals surface area contributed by atoms with Crippen LogP contribution in [0.2, 0.25) is 0 Å². The van der Waals surface area contributed by atoms with Gasteiger partial charge in [-0.25, -0.2) is 11.4 Å². The summed E-state index contributed by atoms with van der Waals surface area (Å²) in [5.41, 5.74) is 9.53. The third-order valence-corrected chi connectivity index (χ3v) is 2.49. The predicted octanol–water partition coefficient (Wildman–Crippen LogP) is -0.0583. The molecule has 7 heteroatoms. The van der Waals surface area contributed by atoms with Crippen molar-refractivity contribution in [2.75, 3.05) is 0 Å². The highest BCUT2D eigenvalue weighted by Gasteiger charge is 2.03. The van der Waals surface area contributed by atoms with E-state index in [2.05, 4.69) is 15.7 Å². The maximum Gasteiger partial charge on any atom is 0.121 e. The largest absolute Gasteiger partial charge is 0.411 e. The van der Waals surface area contributed by atoms with Gasteiger partial charge in [-0.05, 0) is 24.1 Å². The zero-order chi connectivity index (χ0) is 12.3. The summed E-state index contributed by atoms with van der Waals surface area (Å²) < 4.78 is 0. The number of fused-ring (bicyclic) bond motifs is 1. The Bertz CT molecular complexity index is 547. The minimum absolute atomic E-state index is 0.449. The number of hydrazine groups is 1. The summed E-state index contributed by atoms with van der Waals surface area (Å²) in [6, 6.07) is 5.68. The van der Waals surface area contributed by atoms with Crippen molar-refractivity contribution in [2.45, 2.75) is 12.8 Å². The molecule has 6 N–H and O–H groups in total. The van der Waals surface area contributed by atoms with Crippen LogP contribution in [0.4, 0.5) is 0 Å². The van der Waals surface area contributed by atoms with Gasteiger partial charge in [0.2, 0.25) is 0 Å². The zero-order valence-corrected chi connectivity index (χ0v) is 9.17. The van der Waals surface area contributed by atoms with Gasteiger partial charge in [0, 0.05) is 11.8 Å². The van der Waals surface area contributed by atoms with Gasteiger partial charge in [0.15, 0.2) is 0 Å². The Morgan fingerprint density at radius 1 is 1.53 bits per heavy atom. The molecule has 0 aliphatic heterocycles. The maximum absolute atomic E-state index is 9.33. The van der Waals surface area contributed by atoms with Crippen molar-refractivity contribution in [3.63, 3.8) is 0 Å². The molecule has 0 radical (unpaired) electrons. The number of hydrogen-bond donors (Lipinski definition) is 4. The first-order valence-corrected chi connectivity index (χ1v) is 5.14. The molecule has 0 saturated carbocycles. The fourth-order valence-corrected chi connectivity index (χ4v) is 1.64. The summed E-state index contributed by atoms with van der Waals surface area (Å²) in [6.45, 7) is 0. The van der Waals surface area contributed by atoms with E-state index in [-0.39, 0.29) is 0 Å². The first-order valence-electron chi connectivity index (χ1n) is 5.14. The molecule has 0 aliphatic carbocycles. The first kappa shape index (κ1) is 11.2. The van der Waals surface area contributed by atoms with Crippen molar-refractivity contribution in [2.24, 2.45) is 16.7 Å². The molecule has 0 fully saturated rings. The molecule has 0 aliphatic rings. The molecule has 7 nitrogen and oxygen atoms in total. The molecule has 1 aromatic carbocycles. The van der Waals surface area contributed by atoms with Crippen LogP contribution in [0.5, 0.6) is 0 Å². The summed E-state index contributed by atoms with van der Waals surface area (Å²) >= 11 is 0. The Morgan fingerprint density at radius 2 is 2.35 bits per heavy atom. The first-order chi connectivity index (χ1) is 8.20. The molecule has 0 unspecified atom stereocenters. The van der Waals surface area contributed by atoms with Crippen LogP contribution in [-0.2, 0) is 6.42 Å². The van der Waals surface area contributed by atoms with Crippen LogP contribution in [0.25, 0.3) is 10.9 Å². The van der Waals surface area contributed by atoms with Gasteiger partial charge in [0.05, 0.1) is 6.20 Å². The summed E-state index contributed by atoms with van der Waals surface area (Å²) in [5.74, 6) is 5.47.